The van der Waals surface area contributed by atoms with E-state index in [4.69, 9.17) is 4.43 Å². The molecule has 1 fully saturated rings. The molecule has 1 nitrogen and oxygen atoms in total. The summed E-state index contributed by atoms with van der Waals surface area (Å²) < 4.78 is 6.49. The van der Waals surface area contributed by atoms with Gasteiger partial charge in [0.15, 0.2) is 7.83 Å². The van der Waals surface area contributed by atoms with Gasteiger partial charge in [-0.1, -0.05) is 25.7 Å². The average molecular weight is 271 g/mol. The maximum Gasteiger partial charge on any atom is 0.172 e. The lowest BCUT2D eigenvalue weighted by Crippen LogP contribution is -2.78. The Morgan fingerprint density at radius 1 is 1.12 bits per heavy atom. The number of rotatable bonds is 2. The number of hydrogen-bond donors (Lipinski definition) is 0. The first-order valence-corrected chi connectivity index (χ1v) is 16.7. The normalized spacial score (nSPS) is 41.4. The van der Waals surface area contributed by atoms with Crippen molar-refractivity contribution in [2.75, 3.05) is 0 Å². The highest BCUT2D eigenvalue weighted by Crippen LogP contribution is 2.44. The highest BCUT2D eigenvalue weighted by molar-refractivity contribution is 7.68. The summed E-state index contributed by atoms with van der Waals surface area (Å²) in [6.07, 6.45) is 2.01. The zero-order valence-corrected chi connectivity index (χ0v) is 14.7. The first kappa shape index (κ1) is 14.2. The van der Waals surface area contributed by atoms with Gasteiger partial charge in [-0.25, -0.2) is 0 Å². The highest BCUT2D eigenvalue weighted by atomic mass is 29.6. The first-order chi connectivity index (χ1) is 7.04. The van der Waals surface area contributed by atoms with Gasteiger partial charge in [0.1, 0.15) is 0 Å². The Kier molecular flexibility index (Phi) is 3.36. The van der Waals surface area contributed by atoms with Crippen LogP contribution in [0.1, 0.15) is 6.92 Å². The summed E-state index contributed by atoms with van der Waals surface area (Å²) >= 11 is 0. The van der Waals surface area contributed by atoms with Gasteiger partial charge in [0.25, 0.3) is 0 Å². The molecule has 1 heterocycles. The lowest BCUT2D eigenvalue weighted by molar-refractivity contribution is 0.154. The zero-order valence-electron chi connectivity index (χ0n) is 11.7. The van der Waals surface area contributed by atoms with Crippen molar-refractivity contribution in [3.05, 3.63) is 24.9 Å². The average Bonchev–Trinajstić information content (AvgIpc) is 2.14. The summed E-state index contributed by atoms with van der Waals surface area (Å²) in [5.41, 5.74) is 2.21. The SMILES string of the molecule is C=CC1(C)C[Si](C)(C=C)[Si](C)(C)[Si](C)(C)O1. The lowest BCUT2D eigenvalue weighted by atomic mass is 10.1. The molecule has 4 heteroatoms. The minimum atomic E-state index is -1.57. The zero-order chi connectivity index (χ0) is 12.8. The third-order valence-electron chi connectivity index (χ3n) is 5.02. The molecule has 0 aromatic heterocycles. The van der Waals surface area contributed by atoms with Crippen LogP contribution in [0.4, 0.5) is 0 Å². The van der Waals surface area contributed by atoms with Crippen molar-refractivity contribution >= 4 is 22.5 Å². The van der Waals surface area contributed by atoms with Crippen LogP contribution in [0, 0.1) is 0 Å². The van der Waals surface area contributed by atoms with Crippen LogP contribution < -0.4 is 0 Å². The first-order valence-electron chi connectivity index (χ1n) is 6.01. The van der Waals surface area contributed by atoms with E-state index in [2.05, 4.69) is 58.5 Å². The smallest absolute Gasteiger partial charge is 0.172 e. The molecule has 2 unspecified atom stereocenters. The Balaban J connectivity index is 3.29. The standard InChI is InChI=1S/C12H26OSi3/c1-9-12(3)11-16(8,10-2)15(6,7)14(4,5)13-12/h9-10H,1-2,11H2,3-8H3. The van der Waals surface area contributed by atoms with E-state index >= 15 is 0 Å². The molecule has 1 saturated heterocycles. The van der Waals surface area contributed by atoms with Gasteiger partial charge in [-0.2, -0.15) is 0 Å². The Labute approximate surface area is 103 Å². The molecular formula is C12H26OSi3. The summed E-state index contributed by atoms with van der Waals surface area (Å²) in [6, 6.07) is 1.17. The van der Waals surface area contributed by atoms with E-state index in [1.54, 1.807) is 0 Å². The molecule has 0 saturated carbocycles. The van der Waals surface area contributed by atoms with Crippen LogP contribution in [0.25, 0.3) is 0 Å². The molecule has 0 radical (unpaired) electrons. The Hall–Kier alpha value is 0.0906. The summed E-state index contributed by atoms with van der Waals surface area (Å²) in [6.45, 7) is 22.7. The minimum Gasteiger partial charge on any atom is -0.412 e. The van der Waals surface area contributed by atoms with Gasteiger partial charge in [-0.05, 0) is 26.1 Å². The van der Waals surface area contributed by atoms with Gasteiger partial charge in [-0.3, -0.25) is 0 Å². The quantitative estimate of drug-likeness (QED) is 0.547. The molecule has 0 amide bonds. The summed E-state index contributed by atoms with van der Waals surface area (Å²) in [7, 11) is -4.22. The highest BCUT2D eigenvalue weighted by Gasteiger charge is 2.61. The van der Waals surface area contributed by atoms with E-state index in [1.165, 1.54) is 6.04 Å². The van der Waals surface area contributed by atoms with Gasteiger partial charge in [0.2, 0.25) is 0 Å². The largest absolute Gasteiger partial charge is 0.412 e. The van der Waals surface area contributed by atoms with Crippen molar-refractivity contribution in [3.8, 4) is 0 Å². The Morgan fingerprint density at radius 2 is 1.62 bits per heavy atom. The van der Waals surface area contributed by atoms with Crippen LogP contribution >= 0.6 is 0 Å². The van der Waals surface area contributed by atoms with Crippen molar-refractivity contribution < 1.29 is 4.43 Å². The van der Waals surface area contributed by atoms with Crippen LogP contribution in [0.15, 0.2) is 24.9 Å². The van der Waals surface area contributed by atoms with E-state index in [0.717, 1.165) is 0 Å². The maximum atomic E-state index is 6.49. The molecule has 0 spiro atoms. The molecule has 92 valence electrons. The molecule has 16 heavy (non-hydrogen) atoms. The van der Waals surface area contributed by atoms with E-state index in [-0.39, 0.29) is 5.60 Å². The fourth-order valence-electron chi connectivity index (χ4n) is 2.83. The van der Waals surface area contributed by atoms with Crippen molar-refractivity contribution in [2.24, 2.45) is 0 Å². The van der Waals surface area contributed by atoms with E-state index in [0.29, 0.717) is 0 Å². The molecule has 0 aromatic carbocycles. The minimum absolute atomic E-state index is 0.104. The van der Waals surface area contributed by atoms with Crippen molar-refractivity contribution in [3.63, 3.8) is 0 Å². The predicted molar refractivity (Wildman–Crippen MR) is 81.3 cm³/mol. The summed E-state index contributed by atoms with van der Waals surface area (Å²) in [5, 5.41) is 0. The summed E-state index contributed by atoms with van der Waals surface area (Å²) in [5.74, 6) is 0. The third-order valence-corrected chi connectivity index (χ3v) is 43.8. The second kappa shape index (κ2) is 3.80. The molecule has 1 aliphatic heterocycles. The second-order valence-electron chi connectivity index (χ2n) is 6.55. The van der Waals surface area contributed by atoms with Crippen LogP contribution in [0.3, 0.4) is 0 Å². The van der Waals surface area contributed by atoms with Gasteiger partial charge >= 0.3 is 0 Å². The molecule has 1 rings (SSSR count). The molecule has 0 bridgehead atoms. The number of hydrogen-bond acceptors (Lipinski definition) is 1. The molecule has 1 aliphatic rings. The van der Waals surface area contributed by atoms with E-state index < -0.39 is 22.5 Å². The fourth-order valence-corrected chi connectivity index (χ4v) is 32.7. The summed E-state index contributed by atoms with van der Waals surface area (Å²) in [4.78, 5) is 0. The Bertz CT molecular complexity index is 324. The monoisotopic (exact) mass is 270 g/mol. The van der Waals surface area contributed by atoms with Crippen LogP contribution in [-0.2, 0) is 4.43 Å². The van der Waals surface area contributed by atoms with Crippen molar-refractivity contribution in [2.45, 2.75) is 51.3 Å². The maximum absolute atomic E-state index is 6.49. The Morgan fingerprint density at radius 3 is 2.00 bits per heavy atom. The van der Waals surface area contributed by atoms with Crippen LogP contribution in [-0.4, -0.2) is 28.1 Å². The molecular weight excluding hydrogens is 244 g/mol. The van der Waals surface area contributed by atoms with Gasteiger partial charge < -0.3 is 4.43 Å². The van der Waals surface area contributed by atoms with Crippen LogP contribution in [0.2, 0.25) is 38.8 Å². The van der Waals surface area contributed by atoms with Crippen LogP contribution in [0.5, 0.6) is 0 Å². The second-order valence-corrected chi connectivity index (χ2v) is 32.7. The van der Waals surface area contributed by atoms with Crippen molar-refractivity contribution in [1.29, 1.82) is 0 Å². The third kappa shape index (κ3) is 1.85. The van der Waals surface area contributed by atoms with Gasteiger partial charge in [0.05, 0.1) is 20.3 Å². The molecule has 0 aromatic rings. The van der Waals surface area contributed by atoms with E-state index in [9.17, 15) is 0 Å². The molecule has 2 atom stereocenters. The lowest BCUT2D eigenvalue weighted by Gasteiger charge is -2.58. The van der Waals surface area contributed by atoms with Gasteiger partial charge in [-0.15, -0.1) is 18.9 Å². The topological polar surface area (TPSA) is 9.23 Å². The molecule has 0 aliphatic carbocycles. The predicted octanol–water partition coefficient (Wildman–Crippen LogP) is 3.84. The molecule has 0 N–H and O–H groups in total. The van der Waals surface area contributed by atoms with Crippen molar-refractivity contribution in [1.82, 2.24) is 0 Å². The van der Waals surface area contributed by atoms with Gasteiger partial charge in [0, 0.05) is 0 Å². The fraction of sp³-hybridized carbons (Fsp3) is 0.667. The van der Waals surface area contributed by atoms with E-state index in [1.807, 2.05) is 6.08 Å².